The Hall–Kier alpha value is -1.75. The van der Waals surface area contributed by atoms with Crippen LogP contribution in [0.25, 0.3) is 0 Å². The number of carbonyl (C=O) groups is 2. The van der Waals surface area contributed by atoms with Gasteiger partial charge in [-0.3, -0.25) is 9.59 Å². The van der Waals surface area contributed by atoms with E-state index in [2.05, 4.69) is 20.7 Å². The average molecular weight is 532 g/mol. The zero-order chi connectivity index (χ0) is 22.9. The van der Waals surface area contributed by atoms with E-state index in [0.29, 0.717) is 19.4 Å². The van der Waals surface area contributed by atoms with E-state index in [0.717, 1.165) is 14.9 Å². The van der Waals surface area contributed by atoms with Crippen LogP contribution in [-0.2, 0) is 41.9 Å². The lowest BCUT2D eigenvalue weighted by atomic mass is 10.0. The van der Waals surface area contributed by atoms with Gasteiger partial charge < -0.3 is 9.47 Å². The van der Waals surface area contributed by atoms with Crippen molar-refractivity contribution in [1.29, 1.82) is 0 Å². The molecule has 0 unspecified atom stereocenters. The molecular formula is C21H26BrNO6S2. The summed E-state index contributed by atoms with van der Waals surface area (Å²) in [6.45, 7) is 4.07. The monoisotopic (exact) mass is 531 g/mol. The summed E-state index contributed by atoms with van der Waals surface area (Å²) < 4.78 is 38.0. The lowest BCUT2D eigenvalue weighted by Crippen LogP contribution is -2.29. The molecule has 31 heavy (non-hydrogen) atoms. The van der Waals surface area contributed by atoms with Crippen molar-refractivity contribution in [2.45, 2.75) is 38.0 Å². The highest BCUT2D eigenvalue weighted by atomic mass is 79.9. The molecule has 2 rings (SSSR count). The second kappa shape index (κ2) is 12.3. The minimum Gasteiger partial charge on any atom is -0.465 e. The van der Waals surface area contributed by atoms with Crippen LogP contribution >= 0.6 is 27.3 Å². The third kappa shape index (κ3) is 8.03. The molecular weight excluding hydrogens is 506 g/mol. The predicted molar refractivity (Wildman–Crippen MR) is 122 cm³/mol. The summed E-state index contributed by atoms with van der Waals surface area (Å²) >= 11 is 4.74. The van der Waals surface area contributed by atoms with Crippen molar-refractivity contribution in [3.8, 4) is 0 Å². The van der Waals surface area contributed by atoms with Gasteiger partial charge >= 0.3 is 11.9 Å². The maximum absolute atomic E-state index is 12.3. The SMILES string of the molecule is CCOC(=O)C(Cc1cc(CCCNS(=O)(=O)c2ccc(Br)cc2)cs1)C(=O)OCC. The first-order valence-corrected chi connectivity index (χ1v) is 13.1. The average Bonchev–Trinajstić information content (AvgIpc) is 3.17. The molecule has 0 aliphatic carbocycles. The van der Waals surface area contributed by atoms with Crippen LogP contribution in [0.5, 0.6) is 0 Å². The number of esters is 2. The minimum atomic E-state index is -3.54. The van der Waals surface area contributed by atoms with Crippen LogP contribution in [0.4, 0.5) is 0 Å². The molecule has 1 N–H and O–H groups in total. The van der Waals surface area contributed by atoms with Crippen LogP contribution in [0.15, 0.2) is 45.1 Å². The van der Waals surface area contributed by atoms with Crippen molar-refractivity contribution in [2.24, 2.45) is 5.92 Å². The van der Waals surface area contributed by atoms with E-state index in [1.54, 1.807) is 38.1 Å². The molecule has 0 amide bonds. The van der Waals surface area contributed by atoms with Crippen molar-refractivity contribution >= 4 is 49.2 Å². The van der Waals surface area contributed by atoms with Crippen molar-refractivity contribution in [3.05, 3.63) is 50.6 Å². The highest BCUT2D eigenvalue weighted by Gasteiger charge is 2.30. The van der Waals surface area contributed by atoms with Crippen molar-refractivity contribution in [2.75, 3.05) is 19.8 Å². The zero-order valence-electron chi connectivity index (χ0n) is 17.4. The molecule has 7 nitrogen and oxygen atoms in total. The number of ether oxygens (including phenoxy) is 2. The molecule has 0 atom stereocenters. The van der Waals surface area contributed by atoms with Gasteiger partial charge in [0.15, 0.2) is 5.92 Å². The normalized spacial score (nSPS) is 11.5. The number of hydrogen-bond acceptors (Lipinski definition) is 7. The molecule has 0 spiro atoms. The van der Waals surface area contributed by atoms with E-state index >= 15 is 0 Å². The standard InChI is InChI=1S/C21H26BrNO6S2/c1-3-28-20(24)19(21(25)29-4-2)13-17-12-15(14-30-17)6-5-11-23-31(26,27)18-9-7-16(22)8-10-18/h7-10,12,14,19,23H,3-6,11,13H2,1-2H3. The maximum atomic E-state index is 12.3. The third-order valence-electron chi connectivity index (χ3n) is 4.31. The molecule has 0 aliphatic heterocycles. The highest BCUT2D eigenvalue weighted by Crippen LogP contribution is 2.21. The van der Waals surface area contributed by atoms with E-state index in [4.69, 9.17) is 9.47 Å². The number of rotatable bonds is 12. The lowest BCUT2D eigenvalue weighted by Gasteiger charge is -2.13. The summed E-state index contributed by atoms with van der Waals surface area (Å²) in [5.41, 5.74) is 1.02. The molecule has 0 fully saturated rings. The van der Waals surface area contributed by atoms with Crippen LogP contribution in [-0.4, -0.2) is 40.1 Å². The number of sulfonamides is 1. The van der Waals surface area contributed by atoms with E-state index < -0.39 is 27.9 Å². The molecule has 170 valence electrons. The Kier molecular flexibility index (Phi) is 10.1. The van der Waals surface area contributed by atoms with Gasteiger partial charge in [-0.15, -0.1) is 11.3 Å². The van der Waals surface area contributed by atoms with Crippen LogP contribution in [0.1, 0.15) is 30.7 Å². The summed E-state index contributed by atoms with van der Waals surface area (Å²) in [6.07, 6.45) is 1.51. The van der Waals surface area contributed by atoms with Crippen LogP contribution in [0.3, 0.4) is 0 Å². The van der Waals surface area contributed by atoms with Gasteiger partial charge in [0.2, 0.25) is 10.0 Å². The van der Waals surface area contributed by atoms with Crippen molar-refractivity contribution in [3.63, 3.8) is 0 Å². The van der Waals surface area contributed by atoms with Gasteiger partial charge in [-0.25, -0.2) is 13.1 Å². The molecule has 2 aromatic rings. The van der Waals surface area contributed by atoms with Gasteiger partial charge in [0.05, 0.1) is 18.1 Å². The first-order valence-electron chi connectivity index (χ1n) is 9.91. The summed E-state index contributed by atoms with van der Waals surface area (Å²) in [6, 6.07) is 8.38. The van der Waals surface area contributed by atoms with Crippen LogP contribution in [0, 0.1) is 5.92 Å². The Labute approximate surface area is 195 Å². The molecule has 1 aromatic heterocycles. The number of nitrogens with one attached hydrogen (secondary N) is 1. The topological polar surface area (TPSA) is 98.8 Å². The molecule has 0 aliphatic rings. The molecule has 1 aromatic carbocycles. The first kappa shape index (κ1) is 25.5. The van der Waals surface area contributed by atoms with E-state index in [-0.39, 0.29) is 24.5 Å². The molecule has 0 saturated heterocycles. The molecule has 0 saturated carbocycles. The maximum Gasteiger partial charge on any atom is 0.320 e. The van der Waals surface area contributed by atoms with Gasteiger partial charge in [-0.05, 0) is 68.0 Å². The number of hydrogen-bond donors (Lipinski definition) is 1. The molecule has 1 heterocycles. The number of carbonyl (C=O) groups excluding carboxylic acids is 2. The Balaban J connectivity index is 1.88. The quantitative estimate of drug-likeness (QED) is 0.254. The van der Waals surface area contributed by atoms with Gasteiger partial charge in [0, 0.05) is 22.3 Å². The summed E-state index contributed by atoms with van der Waals surface area (Å²) in [4.78, 5) is 25.3. The molecule has 10 heteroatoms. The fourth-order valence-corrected chi connectivity index (χ4v) is 5.12. The Morgan fingerprint density at radius 1 is 1.10 bits per heavy atom. The zero-order valence-corrected chi connectivity index (χ0v) is 20.6. The fraction of sp³-hybridized carbons (Fsp3) is 0.429. The fourth-order valence-electron chi connectivity index (χ4n) is 2.81. The van der Waals surface area contributed by atoms with Crippen LogP contribution < -0.4 is 4.72 Å². The highest BCUT2D eigenvalue weighted by molar-refractivity contribution is 9.10. The van der Waals surface area contributed by atoms with Crippen molar-refractivity contribution < 1.29 is 27.5 Å². The Morgan fingerprint density at radius 2 is 1.71 bits per heavy atom. The van der Waals surface area contributed by atoms with E-state index in [9.17, 15) is 18.0 Å². The molecule has 0 bridgehead atoms. The number of aryl methyl sites for hydroxylation is 1. The first-order chi connectivity index (χ1) is 14.8. The second-order valence-corrected chi connectivity index (χ2v) is 10.3. The van der Waals surface area contributed by atoms with Gasteiger partial charge in [0.25, 0.3) is 0 Å². The predicted octanol–water partition coefficient (Wildman–Crippen LogP) is 3.71. The lowest BCUT2D eigenvalue weighted by molar-refractivity contribution is -0.161. The van der Waals surface area contributed by atoms with Gasteiger partial charge in [-0.2, -0.15) is 0 Å². The summed E-state index contributed by atoms with van der Waals surface area (Å²) in [7, 11) is -3.54. The Morgan fingerprint density at radius 3 is 2.29 bits per heavy atom. The number of benzene rings is 1. The van der Waals surface area contributed by atoms with Crippen molar-refractivity contribution in [1.82, 2.24) is 4.72 Å². The van der Waals surface area contributed by atoms with Gasteiger partial charge in [0.1, 0.15) is 0 Å². The van der Waals surface area contributed by atoms with Gasteiger partial charge in [-0.1, -0.05) is 15.9 Å². The second-order valence-electron chi connectivity index (χ2n) is 6.64. The van der Waals surface area contributed by atoms with E-state index in [1.165, 1.54) is 11.3 Å². The van der Waals surface area contributed by atoms with E-state index in [1.807, 2.05) is 11.4 Å². The third-order valence-corrected chi connectivity index (χ3v) is 7.33. The summed E-state index contributed by atoms with van der Waals surface area (Å²) in [5, 5.41) is 1.95. The largest absolute Gasteiger partial charge is 0.465 e. The smallest absolute Gasteiger partial charge is 0.320 e. The minimum absolute atomic E-state index is 0.195. The number of thiophene rings is 1. The molecule has 0 radical (unpaired) electrons. The number of halogens is 1. The summed E-state index contributed by atoms with van der Waals surface area (Å²) in [5.74, 6) is -2.15. The van der Waals surface area contributed by atoms with Crippen LogP contribution in [0.2, 0.25) is 0 Å². The Bertz CT molecular complexity index is 954.